The second-order valence-electron chi connectivity index (χ2n) is 5.39. The number of primary amides is 1. The van der Waals surface area contributed by atoms with E-state index in [1.165, 1.54) is 61.5 Å². The topological polar surface area (TPSA) is 98.5 Å². The summed E-state index contributed by atoms with van der Waals surface area (Å²) in [5, 5.41) is 2.56. The number of hydrogen-bond acceptors (Lipinski definition) is 4. The standard InChI is InChI=1S/C19H17FN2O4/c1-12(19(25)22-16-9-5-14(6-10-16)18(21)24)26-17(23)11-4-13-2-7-15(20)8-3-13/h2-12H,1H3,(H2,21,24)(H,22,25)/b11-4+. The fourth-order valence-corrected chi connectivity index (χ4v) is 1.97. The third-order valence-electron chi connectivity index (χ3n) is 3.38. The first kappa shape index (κ1) is 18.9. The van der Waals surface area contributed by atoms with E-state index >= 15 is 0 Å². The van der Waals surface area contributed by atoms with Crippen molar-refractivity contribution in [3.05, 3.63) is 71.6 Å². The molecule has 1 atom stereocenters. The summed E-state index contributed by atoms with van der Waals surface area (Å²) in [6.07, 6.45) is 1.57. The fourth-order valence-electron chi connectivity index (χ4n) is 1.97. The van der Waals surface area contributed by atoms with Gasteiger partial charge in [0.05, 0.1) is 0 Å². The summed E-state index contributed by atoms with van der Waals surface area (Å²) in [7, 11) is 0. The Morgan fingerprint density at radius 3 is 2.27 bits per heavy atom. The van der Waals surface area contributed by atoms with Gasteiger partial charge in [-0.2, -0.15) is 0 Å². The molecule has 0 radical (unpaired) electrons. The maximum Gasteiger partial charge on any atom is 0.331 e. The Bertz CT molecular complexity index is 830. The number of nitrogens with one attached hydrogen (secondary N) is 1. The van der Waals surface area contributed by atoms with E-state index in [0.717, 1.165) is 6.08 Å². The van der Waals surface area contributed by atoms with Crippen molar-refractivity contribution in [2.45, 2.75) is 13.0 Å². The van der Waals surface area contributed by atoms with Crippen LogP contribution in [0.3, 0.4) is 0 Å². The number of rotatable bonds is 6. The summed E-state index contributed by atoms with van der Waals surface area (Å²) < 4.78 is 17.8. The largest absolute Gasteiger partial charge is 0.449 e. The minimum Gasteiger partial charge on any atom is -0.449 e. The summed E-state index contributed by atoms with van der Waals surface area (Å²) in [4.78, 5) is 34.8. The number of carbonyl (C=O) groups is 3. The molecular weight excluding hydrogens is 339 g/mol. The van der Waals surface area contributed by atoms with Gasteiger partial charge in [-0.25, -0.2) is 9.18 Å². The molecule has 0 aliphatic rings. The fraction of sp³-hybridized carbons (Fsp3) is 0.105. The van der Waals surface area contributed by atoms with Gasteiger partial charge in [0.15, 0.2) is 6.10 Å². The third-order valence-corrected chi connectivity index (χ3v) is 3.38. The van der Waals surface area contributed by atoms with Crippen molar-refractivity contribution in [3.63, 3.8) is 0 Å². The van der Waals surface area contributed by atoms with Crippen LogP contribution in [-0.4, -0.2) is 23.9 Å². The van der Waals surface area contributed by atoms with Crippen LogP contribution in [0.15, 0.2) is 54.6 Å². The average molecular weight is 356 g/mol. The first-order valence-corrected chi connectivity index (χ1v) is 7.70. The smallest absolute Gasteiger partial charge is 0.331 e. The van der Waals surface area contributed by atoms with E-state index in [9.17, 15) is 18.8 Å². The van der Waals surface area contributed by atoms with Crippen LogP contribution in [-0.2, 0) is 14.3 Å². The number of nitrogens with two attached hydrogens (primary N) is 1. The molecule has 134 valence electrons. The lowest BCUT2D eigenvalue weighted by atomic mass is 10.2. The third kappa shape index (κ3) is 5.55. The van der Waals surface area contributed by atoms with Gasteiger partial charge < -0.3 is 15.8 Å². The molecule has 0 bridgehead atoms. The van der Waals surface area contributed by atoms with Crippen LogP contribution in [0.1, 0.15) is 22.8 Å². The Morgan fingerprint density at radius 1 is 1.08 bits per heavy atom. The van der Waals surface area contributed by atoms with E-state index in [0.29, 0.717) is 16.8 Å². The van der Waals surface area contributed by atoms with Crippen LogP contribution in [0.2, 0.25) is 0 Å². The van der Waals surface area contributed by atoms with Crippen LogP contribution in [0.25, 0.3) is 6.08 Å². The summed E-state index contributed by atoms with van der Waals surface area (Å²) in [5.74, 6) is -2.18. The molecule has 0 fully saturated rings. The highest BCUT2D eigenvalue weighted by Crippen LogP contribution is 2.10. The molecule has 1 unspecified atom stereocenters. The van der Waals surface area contributed by atoms with Crippen LogP contribution in [0, 0.1) is 5.82 Å². The molecule has 3 N–H and O–H groups in total. The average Bonchev–Trinajstić information content (AvgIpc) is 2.61. The number of anilines is 1. The molecule has 0 aliphatic carbocycles. The minimum absolute atomic E-state index is 0.313. The van der Waals surface area contributed by atoms with E-state index in [4.69, 9.17) is 10.5 Å². The predicted octanol–water partition coefficient (Wildman–Crippen LogP) is 2.51. The molecule has 2 aromatic carbocycles. The van der Waals surface area contributed by atoms with Gasteiger partial charge >= 0.3 is 5.97 Å². The van der Waals surface area contributed by atoms with Crippen molar-refractivity contribution < 1.29 is 23.5 Å². The Morgan fingerprint density at radius 2 is 1.69 bits per heavy atom. The number of halogens is 1. The zero-order valence-electron chi connectivity index (χ0n) is 13.9. The Hall–Kier alpha value is -3.48. The van der Waals surface area contributed by atoms with Crippen LogP contribution in [0.5, 0.6) is 0 Å². The molecule has 0 spiro atoms. The zero-order valence-corrected chi connectivity index (χ0v) is 13.9. The van der Waals surface area contributed by atoms with Gasteiger partial charge in [0, 0.05) is 17.3 Å². The van der Waals surface area contributed by atoms with E-state index in [1.807, 2.05) is 0 Å². The highest BCUT2D eigenvalue weighted by molar-refractivity contribution is 5.97. The van der Waals surface area contributed by atoms with E-state index < -0.39 is 23.9 Å². The molecule has 26 heavy (non-hydrogen) atoms. The lowest BCUT2D eigenvalue weighted by Gasteiger charge is -2.12. The molecule has 0 aliphatic heterocycles. The maximum absolute atomic E-state index is 12.8. The Balaban J connectivity index is 1.88. The van der Waals surface area contributed by atoms with E-state index in [2.05, 4.69) is 5.32 Å². The zero-order chi connectivity index (χ0) is 19.1. The molecule has 7 heteroatoms. The van der Waals surface area contributed by atoms with Crippen molar-refractivity contribution in [3.8, 4) is 0 Å². The number of benzene rings is 2. The highest BCUT2D eigenvalue weighted by atomic mass is 19.1. The number of amides is 2. The number of carbonyl (C=O) groups excluding carboxylic acids is 3. The van der Waals surface area contributed by atoms with Crippen LogP contribution in [0.4, 0.5) is 10.1 Å². The molecule has 2 rings (SSSR count). The molecular formula is C19H17FN2O4. The van der Waals surface area contributed by atoms with Gasteiger partial charge in [-0.15, -0.1) is 0 Å². The highest BCUT2D eigenvalue weighted by Gasteiger charge is 2.16. The van der Waals surface area contributed by atoms with Crippen molar-refractivity contribution in [1.29, 1.82) is 0 Å². The van der Waals surface area contributed by atoms with Gasteiger partial charge in [-0.3, -0.25) is 9.59 Å². The SMILES string of the molecule is CC(OC(=O)/C=C/c1ccc(F)cc1)C(=O)Nc1ccc(C(N)=O)cc1. The minimum atomic E-state index is -1.03. The van der Waals surface area contributed by atoms with Crippen molar-refractivity contribution in [1.82, 2.24) is 0 Å². The molecule has 0 heterocycles. The van der Waals surface area contributed by atoms with Gasteiger partial charge in [0.1, 0.15) is 5.82 Å². The first-order valence-electron chi connectivity index (χ1n) is 7.70. The van der Waals surface area contributed by atoms with E-state index in [1.54, 1.807) is 0 Å². The van der Waals surface area contributed by atoms with Crippen LogP contribution >= 0.6 is 0 Å². The summed E-state index contributed by atoms with van der Waals surface area (Å²) in [6, 6.07) is 11.5. The molecule has 0 saturated heterocycles. The lowest BCUT2D eigenvalue weighted by Crippen LogP contribution is -2.29. The normalized spacial score (nSPS) is 11.8. The second kappa shape index (κ2) is 8.57. The van der Waals surface area contributed by atoms with Gasteiger partial charge in [0.25, 0.3) is 5.91 Å². The monoisotopic (exact) mass is 356 g/mol. The van der Waals surface area contributed by atoms with Gasteiger partial charge in [0.2, 0.25) is 5.91 Å². The summed E-state index contributed by atoms with van der Waals surface area (Å²) in [5.41, 5.74) is 6.51. The van der Waals surface area contributed by atoms with Crippen LogP contribution < -0.4 is 11.1 Å². The molecule has 6 nitrogen and oxygen atoms in total. The first-order chi connectivity index (χ1) is 12.3. The maximum atomic E-state index is 12.8. The predicted molar refractivity (Wildman–Crippen MR) is 94.6 cm³/mol. The number of esters is 1. The molecule has 2 amide bonds. The molecule has 2 aromatic rings. The van der Waals surface area contributed by atoms with Gasteiger partial charge in [-0.05, 0) is 55.0 Å². The summed E-state index contributed by atoms with van der Waals surface area (Å²) >= 11 is 0. The second-order valence-corrected chi connectivity index (χ2v) is 5.39. The van der Waals surface area contributed by atoms with Gasteiger partial charge in [-0.1, -0.05) is 12.1 Å². The Kier molecular flexibility index (Phi) is 6.21. The number of hydrogen-bond donors (Lipinski definition) is 2. The van der Waals surface area contributed by atoms with Crippen molar-refractivity contribution in [2.75, 3.05) is 5.32 Å². The molecule has 0 saturated carbocycles. The van der Waals surface area contributed by atoms with Crippen molar-refractivity contribution >= 4 is 29.5 Å². The Labute approximate surface area is 149 Å². The van der Waals surface area contributed by atoms with E-state index in [-0.39, 0.29) is 5.82 Å². The quantitative estimate of drug-likeness (QED) is 0.614. The molecule has 0 aromatic heterocycles. The number of ether oxygens (including phenoxy) is 1. The lowest BCUT2D eigenvalue weighted by molar-refractivity contribution is -0.148. The summed E-state index contributed by atoms with van der Waals surface area (Å²) in [6.45, 7) is 1.43. The van der Waals surface area contributed by atoms with Crippen molar-refractivity contribution in [2.24, 2.45) is 5.73 Å².